The monoisotopic (exact) mass is 420 g/mol. The van der Waals surface area contributed by atoms with Crippen molar-refractivity contribution in [3.63, 3.8) is 0 Å². The number of methoxy groups -OCH3 is 1. The van der Waals surface area contributed by atoms with Gasteiger partial charge in [0.05, 0.1) is 24.4 Å². The van der Waals surface area contributed by atoms with Gasteiger partial charge in [0.15, 0.2) is 0 Å². The van der Waals surface area contributed by atoms with E-state index in [2.05, 4.69) is 24.8 Å². The fourth-order valence-electron chi connectivity index (χ4n) is 6.46. The zero-order chi connectivity index (χ0) is 22.0. The van der Waals surface area contributed by atoms with Gasteiger partial charge in [-0.2, -0.15) is 0 Å². The Morgan fingerprint density at radius 2 is 1.93 bits per heavy atom. The predicted molar refractivity (Wildman–Crippen MR) is 112 cm³/mol. The molecule has 4 bridgehead atoms. The van der Waals surface area contributed by atoms with E-state index in [1.54, 1.807) is 14.0 Å². The van der Waals surface area contributed by atoms with Crippen molar-refractivity contribution in [2.24, 2.45) is 29.6 Å². The third-order valence-electron chi connectivity index (χ3n) is 8.04. The summed E-state index contributed by atoms with van der Waals surface area (Å²) in [5, 5.41) is 32.5. The summed E-state index contributed by atoms with van der Waals surface area (Å²) in [6.07, 6.45) is 3.67. The molecule has 4 rings (SSSR count). The average molecular weight is 421 g/mol. The van der Waals surface area contributed by atoms with Crippen LogP contribution in [0.1, 0.15) is 34.1 Å². The van der Waals surface area contributed by atoms with Crippen molar-refractivity contribution in [2.75, 3.05) is 7.11 Å². The van der Waals surface area contributed by atoms with Crippen LogP contribution in [0.4, 0.5) is 0 Å². The molecule has 6 heteroatoms. The topological polar surface area (TPSA) is 88.4 Å². The summed E-state index contributed by atoms with van der Waals surface area (Å²) in [4.78, 5) is 0. The Labute approximate surface area is 179 Å². The highest BCUT2D eigenvalue weighted by molar-refractivity contribution is 5.35. The van der Waals surface area contributed by atoms with E-state index in [0.29, 0.717) is 12.2 Å². The zero-order valence-electron chi connectivity index (χ0n) is 18.6. The lowest BCUT2D eigenvalue weighted by molar-refractivity contribution is -0.103. The lowest BCUT2D eigenvalue weighted by Gasteiger charge is -2.49. The van der Waals surface area contributed by atoms with Gasteiger partial charge in [0.2, 0.25) is 0 Å². The summed E-state index contributed by atoms with van der Waals surface area (Å²) in [6, 6.07) is 0. The molecule has 0 radical (unpaired) electrons. The Hall–Kier alpha value is -1.18. The van der Waals surface area contributed by atoms with Crippen molar-refractivity contribution in [3.05, 3.63) is 36.1 Å². The van der Waals surface area contributed by atoms with Crippen LogP contribution in [0.5, 0.6) is 0 Å². The van der Waals surface area contributed by atoms with Crippen LogP contribution < -0.4 is 0 Å². The minimum Gasteiger partial charge on any atom is -0.489 e. The van der Waals surface area contributed by atoms with Gasteiger partial charge in [-0.1, -0.05) is 38.7 Å². The Morgan fingerprint density at radius 1 is 1.23 bits per heavy atom. The summed E-state index contributed by atoms with van der Waals surface area (Å²) in [5.41, 5.74) is 0.278. The molecule has 0 amide bonds. The van der Waals surface area contributed by atoms with E-state index in [1.165, 1.54) is 0 Å². The van der Waals surface area contributed by atoms with Crippen molar-refractivity contribution in [2.45, 2.75) is 76.3 Å². The molecule has 2 heterocycles. The van der Waals surface area contributed by atoms with Crippen LogP contribution in [0, 0.1) is 29.6 Å². The van der Waals surface area contributed by atoms with E-state index in [4.69, 9.17) is 14.2 Å². The zero-order valence-corrected chi connectivity index (χ0v) is 18.6. The maximum Gasteiger partial charge on any atom is 0.130 e. The molecule has 2 aliphatic carbocycles. The van der Waals surface area contributed by atoms with Gasteiger partial charge in [0.1, 0.15) is 23.6 Å². The Bertz CT molecular complexity index is 744. The molecule has 168 valence electrons. The van der Waals surface area contributed by atoms with Crippen molar-refractivity contribution in [1.82, 2.24) is 0 Å². The van der Waals surface area contributed by atoms with Crippen LogP contribution in [0.25, 0.3) is 0 Å². The molecule has 6 nitrogen and oxygen atoms in total. The first-order chi connectivity index (χ1) is 14.1. The standard InChI is InChI=1S/C24H36O6/c1-11-9-12(2)24-16(10-18(28-6)15(5)29-22(11)14(4)25)7-8-17-19(24)20(26)13(3)21(27)23(17)30-24/h7-9,11,13-14,16-23,25-27H,5,10H2,1-4,6H3/b12-9+/t11-,13-,14-,16-,17-,18+,19+,20-,21-,22+,23-,24+/m1/s1. The SMILES string of the molecule is C=C1O[C@H]([C@@H](C)O)[C@H](C)/C=C(\C)[C@@]23O[C@H]4[C@H](O)[C@H](C)[C@@H](O)[C@@H]2[C@H]4C=C[C@@H]3C[C@@H]1OC. The number of hydrogen-bond acceptors (Lipinski definition) is 6. The minimum atomic E-state index is -0.735. The van der Waals surface area contributed by atoms with Crippen LogP contribution in [-0.4, -0.2) is 64.7 Å². The van der Waals surface area contributed by atoms with Gasteiger partial charge >= 0.3 is 0 Å². The van der Waals surface area contributed by atoms with Gasteiger partial charge in [-0.25, -0.2) is 0 Å². The third-order valence-corrected chi connectivity index (χ3v) is 8.04. The maximum absolute atomic E-state index is 11.2. The molecule has 30 heavy (non-hydrogen) atoms. The lowest BCUT2D eigenvalue weighted by atomic mass is 9.57. The van der Waals surface area contributed by atoms with E-state index in [-0.39, 0.29) is 41.8 Å². The van der Waals surface area contributed by atoms with Gasteiger partial charge in [-0.3, -0.25) is 0 Å². The van der Waals surface area contributed by atoms with Gasteiger partial charge in [-0.15, -0.1) is 0 Å². The summed E-state index contributed by atoms with van der Waals surface area (Å²) >= 11 is 0. The molecular weight excluding hydrogens is 384 g/mol. The average Bonchev–Trinajstić information content (AvgIpc) is 2.91. The summed E-state index contributed by atoms with van der Waals surface area (Å²) in [6.45, 7) is 11.8. The van der Waals surface area contributed by atoms with Crippen LogP contribution in [-0.2, 0) is 14.2 Å². The highest BCUT2D eigenvalue weighted by atomic mass is 16.5. The Kier molecular flexibility index (Phi) is 5.69. The third kappa shape index (κ3) is 3.03. The van der Waals surface area contributed by atoms with Crippen molar-refractivity contribution in [3.8, 4) is 0 Å². The molecule has 0 aromatic carbocycles. The van der Waals surface area contributed by atoms with Crippen molar-refractivity contribution < 1.29 is 29.5 Å². The highest BCUT2D eigenvalue weighted by Crippen LogP contribution is 2.60. The van der Waals surface area contributed by atoms with Crippen LogP contribution >= 0.6 is 0 Å². The number of aliphatic hydroxyl groups is 3. The molecular formula is C24H36O6. The second-order valence-electron chi connectivity index (χ2n) is 9.77. The molecule has 4 aliphatic rings. The highest BCUT2D eigenvalue weighted by Gasteiger charge is 2.67. The second kappa shape index (κ2) is 7.75. The number of ether oxygens (including phenoxy) is 3. The minimum absolute atomic E-state index is 0.0305. The van der Waals surface area contributed by atoms with Gasteiger partial charge in [0.25, 0.3) is 0 Å². The molecule has 3 N–H and O–H groups in total. The molecule has 0 aromatic heterocycles. The first kappa shape index (κ1) is 22.0. The molecule has 0 unspecified atom stereocenters. The van der Waals surface area contributed by atoms with E-state index < -0.39 is 30.0 Å². The Balaban J connectivity index is 1.86. The number of hydrogen-bond donors (Lipinski definition) is 3. The van der Waals surface area contributed by atoms with E-state index in [1.807, 2.05) is 20.8 Å². The molecule has 0 aromatic rings. The number of aliphatic hydroxyl groups excluding tert-OH is 3. The van der Waals surface area contributed by atoms with Crippen LogP contribution in [0.3, 0.4) is 0 Å². The fraction of sp³-hybridized carbons (Fsp3) is 0.750. The summed E-state index contributed by atoms with van der Waals surface area (Å²) in [5.74, 6) is -0.116. The lowest BCUT2D eigenvalue weighted by Crippen LogP contribution is -2.56. The molecule has 12 atom stereocenters. The van der Waals surface area contributed by atoms with Gasteiger partial charge in [-0.05, 0) is 25.8 Å². The largest absolute Gasteiger partial charge is 0.489 e. The van der Waals surface area contributed by atoms with Crippen LogP contribution in [0.2, 0.25) is 0 Å². The smallest absolute Gasteiger partial charge is 0.130 e. The molecule has 1 spiro atoms. The summed E-state index contributed by atoms with van der Waals surface area (Å²) < 4.78 is 18.6. The number of rotatable bonds is 2. The fourth-order valence-corrected chi connectivity index (χ4v) is 6.46. The first-order valence-corrected chi connectivity index (χ1v) is 11.1. The van der Waals surface area contributed by atoms with E-state index >= 15 is 0 Å². The van der Waals surface area contributed by atoms with E-state index in [9.17, 15) is 15.3 Å². The van der Waals surface area contributed by atoms with Crippen molar-refractivity contribution >= 4 is 0 Å². The maximum atomic E-state index is 11.2. The Morgan fingerprint density at radius 3 is 2.57 bits per heavy atom. The van der Waals surface area contributed by atoms with Gasteiger partial charge < -0.3 is 29.5 Å². The second-order valence-corrected chi connectivity index (χ2v) is 9.77. The summed E-state index contributed by atoms with van der Waals surface area (Å²) in [7, 11) is 1.63. The van der Waals surface area contributed by atoms with Crippen LogP contribution in [0.15, 0.2) is 36.1 Å². The molecule has 1 saturated carbocycles. The van der Waals surface area contributed by atoms with E-state index in [0.717, 1.165) is 5.57 Å². The quantitative estimate of drug-likeness (QED) is 0.594. The molecule has 1 saturated heterocycles. The van der Waals surface area contributed by atoms with Gasteiger partial charge in [0, 0.05) is 36.7 Å². The molecule has 2 aliphatic heterocycles. The predicted octanol–water partition coefficient (Wildman–Crippen LogP) is 2.19. The van der Waals surface area contributed by atoms with Crippen molar-refractivity contribution in [1.29, 1.82) is 0 Å². The molecule has 2 fully saturated rings. The normalized spacial score (nSPS) is 53.3. The first-order valence-electron chi connectivity index (χ1n) is 11.1.